The van der Waals surface area contributed by atoms with E-state index in [1.54, 1.807) is 0 Å². The van der Waals surface area contributed by atoms with Crippen LogP contribution in [-0.4, -0.2) is 48.5 Å². The first-order valence-electron chi connectivity index (χ1n) is 8.25. The second-order valence-corrected chi connectivity index (χ2v) is 27.6. The molecule has 6 nitrogen and oxygen atoms in total. The molecule has 0 rings (SSSR count). The van der Waals surface area contributed by atoms with E-state index in [1.165, 1.54) is 6.92 Å². The molecule has 144 valence electrons. The molecule has 0 saturated heterocycles. The lowest BCUT2D eigenvalue weighted by molar-refractivity contribution is -0.133. The predicted octanol–water partition coefficient (Wildman–Crippen LogP) is 4.26. The van der Waals surface area contributed by atoms with E-state index < -0.39 is 42.6 Å². The van der Waals surface area contributed by atoms with Gasteiger partial charge in [-0.1, -0.05) is 0 Å². The van der Waals surface area contributed by atoms with Gasteiger partial charge in [0.05, 0.1) is 0 Å². The lowest BCUT2D eigenvalue weighted by atomic mass is 10.9. The Morgan fingerprint density at radius 2 is 0.833 bits per heavy atom. The molecule has 0 heterocycles. The van der Waals surface area contributed by atoms with Crippen LogP contribution >= 0.6 is 0 Å². The Hall–Kier alpha value is 0.394. The molecule has 0 aromatic carbocycles. The molecule has 0 aliphatic rings. The molecular formula is C13H36O6Si5. The van der Waals surface area contributed by atoms with Crippen LogP contribution in [-0.2, 0) is 25.7 Å². The first-order chi connectivity index (χ1) is 10.2. The van der Waals surface area contributed by atoms with Crippen molar-refractivity contribution in [1.29, 1.82) is 0 Å². The van der Waals surface area contributed by atoms with Gasteiger partial charge in [0.15, 0.2) is 8.32 Å². The van der Waals surface area contributed by atoms with Crippen LogP contribution in [0.25, 0.3) is 0 Å². The molecule has 0 amide bonds. The van der Waals surface area contributed by atoms with Gasteiger partial charge in [-0.25, -0.2) is 0 Å². The van der Waals surface area contributed by atoms with Crippen LogP contribution < -0.4 is 0 Å². The summed E-state index contributed by atoms with van der Waals surface area (Å²) in [6.45, 7) is 23.7. The molecule has 0 spiro atoms. The average molecular weight is 429 g/mol. The smallest absolute Gasteiger partial charge is 0.386 e. The zero-order valence-electron chi connectivity index (χ0n) is 17.4. The molecule has 0 aromatic heterocycles. The Kier molecular flexibility index (Phi) is 8.09. The Labute approximate surface area is 153 Å². The topological polar surface area (TPSA) is 63.2 Å². The summed E-state index contributed by atoms with van der Waals surface area (Å²) < 4.78 is 30.4. The van der Waals surface area contributed by atoms with Gasteiger partial charge in [0.25, 0.3) is 5.97 Å². The molecule has 0 atom stereocenters. The van der Waals surface area contributed by atoms with Crippen LogP contribution in [0.1, 0.15) is 6.92 Å². The van der Waals surface area contributed by atoms with Crippen molar-refractivity contribution in [3.63, 3.8) is 0 Å². The van der Waals surface area contributed by atoms with Crippen molar-refractivity contribution in [2.45, 2.75) is 78.9 Å². The quantitative estimate of drug-likeness (QED) is 0.511. The molecule has 11 heteroatoms. The molecular weight excluding hydrogens is 393 g/mol. The highest BCUT2D eigenvalue weighted by Crippen LogP contribution is 2.26. The molecule has 24 heavy (non-hydrogen) atoms. The van der Waals surface area contributed by atoms with E-state index in [-0.39, 0.29) is 5.97 Å². The summed E-state index contributed by atoms with van der Waals surface area (Å²) in [5, 5.41) is 0. The minimum absolute atomic E-state index is 0.318. The minimum Gasteiger partial charge on any atom is -0.495 e. The molecule has 0 aliphatic heterocycles. The second kappa shape index (κ2) is 7.96. The molecule has 0 unspecified atom stereocenters. The van der Waals surface area contributed by atoms with E-state index in [0.717, 1.165) is 0 Å². The molecule has 0 aliphatic carbocycles. The summed E-state index contributed by atoms with van der Waals surface area (Å²) in [5.41, 5.74) is 0. The fraction of sp³-hybridized carbons (Fsp3) is 0.923. The SMILES string of the molecule is CC(=O)O[Si](C)(C)O[Si](C)(C)O[Si](C)(C)O[Si](C)(C)O[Si](C)(C)C. The van der Waals surface area contributed by atoms with Crippen molar-refractivity contribution in [3.05, 3.63) is 0 Å². The maximum atomic E-state index is 11.2. The van der Waals surface area contributed by atoms with Crippen molar-refractivity contribution in [3.8, 4) is 0 Å². The zero-order chi connectivity index (χ0) is 19.6. The Morgan fingerprint density at radius 1 is 0.542 bits per heavy atom. The number of hydrogen-bond acceptors (Lipinski definition) is 6. The van der Waals surface area contributed by atoms with Crippen LogP contribution in [0.15, 0.2) is 0 Å². The summed E-state index contributed by atoms with van der Waals surface area (Å²) in [4.78, 5) is 11.2. The molecule has 0 bridgehead atoms. The Morgan fingerprint density at radius 3 is 1.12 bits per heavy atom. The molecule has 0 saturated carbocycles. The van der Waals surface area contributed by atoms with E-state index in [0.29, 0.717) is 0 Å². The highest BCUT2D eigenvalue weighted by atomic mass is 28.5. The van der Waals surface area contributed by atoms with Crippen LogP contribution in [0.4, 0.5) is 0 Å². The van der Waals surface area contributed by atoms with Gasteiger partial charge in [-0.05, 0) is 72.0 Å². The number of rotatable bonds is 9. The first-order valence-corrected chi connectivity index (χ1v) is 22.9. The Balaban J connectivity index is 4.97. The van der Waals surface area contributed by atoms with Gasteiger partial charge in [-0.2, -0.15) is 0 Å². The van der Waals surface area contributed by atoms with Crippen LogP contribution in [0, 0.1) is 0 Å². The fourth-order valence-corrected chi connectivity index (χ4v) is 25.5. The standard InChI is InChI=1S/C13H36O6Si5/c1-13(14)15-21(5,6)17-23(9,10)19-24(11,12)18-22(7,8)16-20(2,3)4/h1-12H3. The van der Waals surface area contributed by atoms with Crippen molar-refractivity contribution in [1.82, 2.24) is 0 Å². The first kappa shape index (κ1) is 24.4. The highest BCUT2D eigenvalue weighted by molar-refractivity contribution is 6.89. The summed E-state index contributed by atoms with van der Waals surface area (Å²) in [7, 11) is -11.4. The average Bonchev–Trinajstić information content (AvgIpc) is 2.00. The Bertz CT molecular complexity index is 445. The van der Waals surface area contributed by atoms with Crippen molar-refractivity contribution in [2.24, 2.45) is 0 Å². The van der Waals surface area contributed by atoms with Gasteiger partial charge in [0.1, 0.15) is 0 Å². The van der Waals surface area contributed by atoms with Crippen LogP contribution in [0.2, 0.25) is 72.0 Å². The van der Waals surface area contributed by atoms with Crippen molar-refractivity contribution < 1.29 is 25.7 Å². The normalized spacial score (nSPS) is 14.7. The second-order valence-electron chi connectivity index (χ2n) is 8.71. The minimum atomic E-state index is -2.56. The largest absolute Gasteiger partial charge is 0.495 e. The summed E-state index contributed by atoms with van der Waals surface area (Å²) in [5.74, 6) is -0.318. The van der Waals surface area contributed by atoms with Gasteiger partial charge in [0, 0.05) is 6.92 Å². The van der Waals surface area contributed by atoms with Crippen LogP contribution in [0.3, 0.4) is 0 Å². The number of carbonyl (C=O) groups is 1. The summed E-state index contributed by atoms with van der Waals surface area (Å²) in [6, 6.07) is 0. The maximum Gasteiger partial charge on any atom is 0.386 e. The lowest BCUT2D eigenvalue weighted by Gasteiger charge is -2.41. The number of hydrogen-bond donors (Lipinski definition) is 0. The third-order valence-corrected chi connectivity index (χ3v) is 19.4. The summed E-state index contributed by atoms with van der Waals surface area (Å²) in [6.07, 6.45) is 0. The molecule has 0 aromatic rings. The van der Waals surface area contributed by atoms with Gasteiger partial charge >= 0.3 is 34.2 Å². The number of carbonyl (C=O) groups excluding carboxylic acids is 1. The monoisotopic (exact) mass is 428 g/mol. The summed E-state index contributed by atoms with van der Waals surface area (Å²) >= 11 is 0. The van der Waals surface area contributed by atoms with Gasteiger partial charge in [0.2, 0.25) is 0 Å². The predicted molar refractivity (Wildman–Crippen MR) is 109 cm³/mol. The highest BCUT2D eigenvalue weighted by Gasteiger charge is 2.46. The third kappa shape index (κ3) is 11.9. The van der Waals surface area contributed by atoms with Gasteiger partial charge in [-0.15, -0.1) is 0 Å². The van der Waals surface area contributed by atoms with Gasteiger partial charge < -0.3 is 20.9 Å². The van der Waals surface area contributed by atoms with Crippen LogP contribution in [0.5, 0.6) is 0 Å². The molecule has 0 N–H and O–H groups in total. The maximum absolute atomic E-state index is 11.2. The lowest BCUT2D eigenvalue weighted by Crippen LogP contribution is -2.58. The van der Waals surface area contributed by atoms with Crippen molar-refractivity contribution in [2.75, 3.05) is 0 Å². The van der Waals surface area contributed by atoms with E-state index in [2.05, 4.69) is 32.7 Å². The van der Waals surface area contributed by atoms with Crippen molar-refractivity contribution >= 4 is 48.5 Å². The fourth-order valence-electron chi connectivity index (χ4n) is 2.94. The van der Waals surface area contributed by atoms with E-state index in [4.69, 9.17) is 20.9 Å². The molecule has 0 fully saturated rings. The van der Waals surface area contributed by atoms with E-state index in [9.17, 15) is 4.79 Å². The van der Waals surface area contributed by atoms with E-state index >= 15 is 0 Å². The zero-order valence-corrected chi connectivity index (χ0v) is 22.4. The van der Waals surface area contributed by atoms with Gasteiger partial charge in [-0.3, -0.25) is 4.79 Å². The van der Waals surface area contributed by atoms with E-state index in [1.807, 2.05) is 39.3 Å². The third-order valence-electron chi connectivity index (χ3n) is 2.42. The molecule has 0 radical (unpaired) electrons.